The molecule has 0 aliphatic carbocycles. The Kier molecular flexibility index (Phi) is 8.16. The highest BCUT2D eigenvalue weighted by Crippen LogP contribution is 2.30. The summed E-state index contributed by atoms with van der Waals surface area (Å²) in [5.74, 6) is 0.480. The van der Waals surface area contributed by atoms with Crippen LogP contribution in [0.25, 0.3) is 0 Å². The number of carbonyl (C=O) groups excluding carboxylic acids is 1. The van der Waals surface area contributed by atoms with Gasteiger partial charge < -0.3 is 9.80 Å². The van der Waals surface area contributed by atoms with Gasteiger partial charge in [-0.2, -0.15) is 11.3 Å². The Balaban J connectivity index is 1.15. The number of rotatable bonds is 8. The Hall–Kier alpha value is -4.33. The summed E-state index contributed by atoms with van der Waals surface area (Å²) in [6.45, 7) is 3.94. The van der Waals surface area contributed by atoms with Crippen LogP contribution < -0.4 is 9.80 Å². The first-order chi connectivity index (χ1) is 20.2. The van der Waals surface area contributed by atoms with Crippen molar-refractivity contribution in [1.29, 1.82) is 0 Å². The number of hydrogen-bond donors (Lipinski definition) is 0. The Labute approximate surface area is 244 Å². The SMILES string of the molecule is O=C(c1ccsc1)N(Cc1ccc(N2CCN(C(c3ccccc3)c3ccccc3)CC2)nc1)c1ccc(F)cc1. The number of benzene rings is 3. The van der Waals surface area contributed by atoms with Crippen molar-refractivity contribution in [3.63, 3.8) is 0 Å². The van der Waals surface area contributed by atoms with E-state index in [9.17, 15) is 9.18 Å². The second-order valence-electron chi connectivity index (χ2n) is 10.2. The molecule has 0 spiro atoms. The van der Waals surface area contributed by atoms with E-state index in [0.717, 1.165) is 37.6 Å². The van der Waals surface area contributed by atoms with E-state index in [-0.39, 0.29) is 17.8 Å². The molecule has 206 valence electrons. The summed E-state index contributed by atoms with van der Waals surface area (Å²) in [5.41, 5.74) is 4.78. The van der Waals surface area contributed by atoms with Crippen LogP contribution in [0.15, 0.2) is 120 Å². The maximum Gasteiger partial charge on any atom is 0.259 e. The molecule has 1 fully saturated rings. The van der Waals surface area contributed by atoms with E-state index in [2.05, 4.69) is 70.5 Å². The number of pyridine rings is 1. The largest absolute Gasteiger partial charge is 0.354 e. The van der Waals surface area contributed by atoms with Gasteiger partial charge in [-0.05, 0) is 58.5 Å². The number of halogens is 1. The van der Waals surface area contributed by atoms with Crippen molar-refractivity contribution in [1.82, 2.24) is 9.88 Å². The van der Waals surface area contributed by atoms with Crippen LogP contribution in [-0.2, 0) is 6.54 Å². The molecule has 2 aromatic heterocycles. The molecule has 5 nitrogen and oxygen atoms in total. The molecule has 1 amide bonds. The van der Waals surface area contributed by atoms with Gasteiger partial charge in [-0.15, -0.1) is 0 Å². The fourth-order valence-electron chi connectivity index (χ4n) is 5.42. The highest BCUT2D eigenvalue weighted by molar-refractivity contribution is 7.08. The number of aromatic nitrogens is 1. The van der Waals surface area contributed by atoms with Gasteiger partial charge in [0, 0.05) is 43.4 Å². The summed E-state index contributed by atoms with van der Waals surface area (Å²) < 4.78 is 13.6. The topological polar surface area (TPSA) is 39.7 Å². The van der Waals surface area contributed by atoms with E-state index in [1.54, 1.807) is 17.0 Å². The molecule has 0 unspecified atom stereocenters. The Morgan fingerprint density at radius 2 is 1.49 bits per heavy atom. The molecule has 1 aliphatic heterocycles. The van der Waals surface area contributed by atoms with E-state index in [0.29, 0.717) is 17.8 Å². The van der Waals surface area contributed by atoms with Crippen molar-refractivity contribution in [2.75, 3.05) is 36.0 Å². The van der Waals surface area contributed by atoms with Crippen LogP contribution in [0.1, 0.15) is 33.1 Å². The fraction of sp³-hybridized carbons (Fsp3) is 0.176. The molecule has 7 heteroatoms. The predicted octanol–water partition coefficient (Wildman–Crippen LogP) is 7.04. The molecule has 0 N–H and O–H groups in total. The minimum Gasteiger partial charge on any atom is -0.354 e. The number of carbonyl (C=O) groups is 1. The first-order valence-electron chi connectivity index (χ1n) is 13.8. The average molecular weight is 563 g/mol. The summed E-state index contributed by atoms with van der Waals surface area (Å²) in [6, 6.07) is 33.5. The average Bonchev–Trinajstić information content (AvgIpc) is 3.58. The Morgan fingerprint density at radius 3 is 2.05 bits per heavy atom. The summed E-state index contributed by atoms with van der Waals surface area (Å²) in [5, 5.41) is 3.72. The number of piperazine rings is 1. The van der Waals surface area contributed by atoms with E-state index < -0.39 is 0 Å². The standard InChI is InChI=1S/C34H31FN4OS/c35-30-12-14-31(15-13-30)39(34(40)29-17-22-41-25-29)24-26-11-16-32(36-23-26)37-18-20-38(21-19-37)33(27-7-3-1-4-8-27)28-9-5-2-6-10-28/h1-17,22-23,25,33H,18-21,24H2. The van der Waals surface area contributed by atoms with Crippen LogP contribution in [0.4, 0.5) is 15.9 Å². The molecule has 41 heavy (non-hydrogen) atoms. The van der Waals surface area contributed by atoms with Gasteiger partial charge in [-0.3, -0.25) is 9.69 Å². The quantitative estimate of drug-likeness (QED) is 0.203. The number of anilines is 2. The van der Waals surface area contributed by atoms with Gasteiger partial charge in [-0.25, -0.2) is 9.37 Å². The van der Waals surface area contributed by atoms with Crippen molar-refractivity contribution >= 4 is 28.7 Å². The lowest BCUT2D eigenvalue weighted by Gasteiger charge is -2.40. The lowest BCUT2D eigenvalue weighted by molar-refractivity contribution is 0.0985. The third-order valence-electron chi connectivity index (χ3n) is 7.54. The van der Waals surface area contributed by atoms with Crippen molar-refractivity contribution in [3.8, 4) is 0 Å². The molecule has 1 aliphatic rings. The number of hydrogen-bond acceptors (Lipinski definition) is 5. The van der Waals surface area contributed by atoms with Gasteiger partial charge in [0.25, 0.3) is 5.91 Å². The second-order valence-corrected chi connectivity index (χ2v) is 10.9. The van der Waals surface area contributed by atoms with Gasteiger partial charge in [0.1, 0.15) is 11.6 Å². The molecule has 0 radical (unpaired) electrons. The van der Waals surface area contributed by atoms with E-state index in [1.165, 1.54) is 34.6 Å². The molecule has 6 rings (SSSR count). The van der Waals surface area contributed by atoms with Crippen LogP contribution in [-0.4, -0.2) is 42.0 Å². The Bertz CT molecular complexity index is 1500. The monoisotopic (exact) mass is 562 g/mol. The van der Waals surface area contributed by atoms with Crippen molar-refractivity contribution in [3.05, 3.63) is 148 Å². The summed E-state index contributed by atoms with van der Waals surface area (Å²) in [6.07, 6.45) is 1.84. The summed E-state index contributed by atoms with van der Waals surface area (Å²) in [7, 11) is 0. The third kappa shape index (κ3) is 6.21. The lowest BCUT2D eigenvalue weighted by Crippen LogP contribution is -2.48. The van der Waals surface area contributed by atoms with Crippen LogP contribution in [0.2, 0.25) is 0 Å². The van der Waals surface area contributed by atoms with Gasteiger partial charge in [0.05, 0.1) is 18.2 Å². The van der Waals surface area contributed by atoms with Crippen molar-refractivity contribution in [2.45, 2.75) is 12.6 Å². The highest BCUT2D eigenvalue weighted by Gasteiger charge is 2.27. The minimum absolute atomic E-state index is 0.121. The first-order valence-corrected chi connectivity index (χ1v) is 14.7. The number of nitrogens with zero attached hydrogens (tertiary/aromatic N) is 4. The molecule has 1 saturated heterocycles. The Morgan fingerprint density at radius 1 is 0.829 bits per heavy atom. The highest BCUT2D eigenvalue weighted by atomic mass is 32.1. The van der Waals surface area contributed by atoms with Crippen LogP contribution in [0.5, 0.6) is 0 Å². The zero-order chi connectivity index (χ0) is 28.0. The van der Waals surface area contributed by atoms with Gasteiger partial charge in [-0.1, -0.05) is 66.7 Å². The van der Waals surface area contributed by atoms with Gasteiger partial charge in [0.15, 0.2) is 0 Å². The van der Waals surface area contributed by atoms with Crippen molar-refractivity contribution in [2.24, 2.45) is 0 Å². The second kappa shape index (κ2) is 12.5. The molecule has 3 heterocycles. The molecule has 5 aromatic rings. The predicted molar refractivity (Wildman–Crippen MR) is 164 cm³/mol. The van der Waals surface area contributed by atoms with Crippen molar-refractivity contribution < 1.29 is 9.18 Å². The summed E-state index contributed by atoms with van der Waals surface area (Å²) >= 11 is 1.48. The summed E-state index contributed by atoms with van der Waals surface area (Å²) in [4.78, 5) is 24.6. The molecular weight excluding hydrogens is 531 g/mol. The molecule has 0 saturated carbocycles. The van der Waals surface area contributed by atoms with Gasteiger partial charge >= 0.3 is 0 Å². The van der Waals surface area contributed by atoms with E-state index in [4.69, 9.17) is 4.98 Å². The molecule has 0 atom stereocenters. The maximum absolute atomic E-state index is 13.6. The fourth-order valence-corrected chi connectivity index (χ4v) is 6.05. The first kappa shape index (κ1) is 26.9. The van der Waals surface area contributed by atoms with E-state index >= 15 is 0 Å². The zero-order valence-corrected chi connectivity index (χ0v) is 23.5. The lowest BCUT2D eigenvalue weighted by atomic mass is 9.96. The molecule has 0 bridgehead atoms. The smallest absolute Gasteiger partial charge is 0.259 e. The molecule has 3 aromatic carbocycles. The van der Waals surface area contributed by atoms with Crippen LogP contribution in [0.3, 0.4) is 0 Å². The number of thiophene rings is 1. The molecular formula is C34H31FN4OS. The minimum atomic E-state index is -0.332. The third-order valence-corrected chi connectivity index (χ3v) is 8.22. The van der Waals surface area contributed by atoms with Crippen LogP contribution in [0, 0.1) is 5.82 Å². The maximum atomic E-state index is 13.6. The van der Waals surface area contributed by atoms with Crippen LogP contribution >= 0.6 is 11.3 Å². The van der Waals surface area contributed by atoms with Gasteiger partial charge in [0.2, 0.25) is 0 Å². The zero-order valence-electron chi connectivity index (χ0n) is 22.6. The number of amides is 1. The normalized spacial score (nSPS) is 13.9. The van der Waals surface area contributed by atoms with E-state index in [1.807, 2.05) is 35.2 Å².